The lowest BCUT2D eigenvalue weighted by Crippen LogP contribution is -2.19. The molecule has 0 saturated carbocycles. The van der Waals surface area contributed by atoms with Gasteiger partial charge in [-0.05, 0) is 55.9 Å². The van der Waals surface area contributed by atoms with E-state index in [1.807, 2.05) is 6.92 Å². The summed E-state index contributed by atoms with van der Waals surface area (Å²) in [5, 5.41) is 3.73. The standard InChI is InChI=1S/C19H21ClN2O3S/c1-3-25-14-7-5-11(9-13(14)20)18(24)22-19-16(17(21)23)12-6-4-10(2)8-15(12)26-19/h5,7,9-10H,3-4,6,8H2,1-2H3,(H2,21,23)(H,22,24)/t10-/m0/s1. The number of anilines is 1. The van der Waals surface area contributed by atoms with E-state index >= 15 is 0 Å². The summed E-state index contributed by atoms with van der Waals surface area (Å²) in [5.74, 6) is 0.264. The Bertz CT molecular complexity index is 863. The largest absolute Gasteiger partial charge is 0.492 e. The second kappa shape index (κ2) is 7.68. The predicted octanol–water partition coefficient (Wildman–Crippen LogP) is 4.28. The number of nitrogens with one attached hydrogen (secondary N) is 1. The van der Waals surface area contributed by atoms with E-state index in [2.05, 4.69) is 12.2 Å². The summed E-state index contributed by atoms with van der Waals surface area (Å²) in [5.41, 5.74) is 7.42. The third-order valence-electron chi connectivity index (χ3n) is 4.48. The van der Waals surface area contributed by atoms with E-state index in [9.17, 15) is 9.59 Å². The van der Waals surface area contributed by atoms with Crippen LogP contribution in [0.25, 0.3) is 0 Å². The van der Waals surface area contributed by atoms with Gasteiger partial charge < -0.3 is 15.8 Å². The van der Waals surface area contributed by atoms with Crippen molar-refractivity contribution in [2.24, 2.45) is 11.7 Å². The van der Waals surface area contributed by atoms with Gasteiger partial charge in [-0.1, -0.05) is 18.5 Å². The van der Waals surface area contributed by atoms with E-state index in [-0.39, 0.29) is 5.91 Å². The van der Waals surface area contributed by atoms with Crippen molar-refractivity contribution in [3.8, 4) is 5.75 Å². The van der Waals surface area contributed by atoms with E-state index in [0.717, 1.165) is 29.7 Å². The molecule has 138 valence electrons. The molecule has 0 fully saturated rings. The minimum absolute atomic E-state index is 0.330. The van der Waals surface area contributed by atoms with E-state index in [1.165, 1.54) is 11.3 Å². The fourth-order valence-electron chi connectivity index (χ4n) is 3.19. The molecule has 0 unspecified atom stereocenters. The van der Waals surface area contributed by atoms with Crippen LogP contribution in [0.5, 0.6) is 5.75 Å². The molecule has 3 N–H and O–H groups in total. The molecule has 1 aromatic heterocycles. The minimum Gasteiger partial charge on any atom is -0.492 e. The van der Waals surface area contributed by atoms with Crippen molar-refractivity contribution in [1.29, 1.82) is 0 Å². The Balaban J connectivity index is 1.88. The lowest BCUT2D eigenvalue weighted by molar-refractivity contribution is 0.1000. The van der Waals surface area contributed by atoms with Crippen molar-refractivity contribution < 1.29 is 14.3 Å². The Morgan fingerprint density at radius 1 is 1.42 bits per heavy atom. The van der Waals surface area contributed by atoms with Crippen molar-refractivity contribution in [2.45, 2.75) is 33.1 Å². The van der Waals surface area contributed by atoms with Gasteiger partial charge in [0.1, 0.15) is 10.8 Å². The highest BCUT2D eigenvalue weighted by Crippen LogP contribution is 2.39. The first-order chi connectivity index (χ1) is 12.4. The first kappa shape index (κ1) is 18.7. The Labute approximate surface area is 161 Å². The monoisotopic (exact) mass is 392 g/mol. The van der Waals surface area contributed by atoms with Crippen LogP contribution in [0.1, 0.15) is 51.4 Å². The molecule has 7 heteroatoms. The summed E-state index contributed by atoms with van der Waals surface area (Å²) >= 11 is 7.60. The van der Waals surface area contributed by atoms with Crippen LogP contribution < -0.4 is 15.8 Å². The average Bonchev–Trinajstić information content (AvgIpc) is 2.93. The highest BCUT2D eigenvalue weighted by molar-refractivity contribution is 7.17. The van der Waals surface area contributed by atoms with Crippen LogP contribution in [0.15, 0.2) is 18.2 Å². The molecule has 1 atom stereocenters. The summed E-state index contributed by atoms with van der Waals surface area (Å²) in [4.78, 5) is 25.7. The summed E-state index contributed by atoms with van der Waals surface area (Å²) in [6.45, 7) is 4.54. The second-order valence-electron chi connectivity index (χ2n) is 6.45. The highest BCUT2D eigenvalue weighted by Gasteiger charge is 2.27. The molecule has 0 radical (unpaired) electrons. The number of amides is 2. The molecule has 0 saturated heterocycles. The molecule has 2 amide bonds. The zero-order valence-electron chi connectivity index (χ0n) is 14.7. The van der Waals surface area contributed by atoms with Crippen molar-refractivity contribution in [2.75, 3.05) is 11.9 Å². The fraction of sp³-hybridized carbons (Fsp3) is 0.368. The van der Waals surface area contributed by atoms with E-state index in [4.69, 9.17) is 22.1 Å². The van der Waals surface area contributed by atoms with Crippen LogP contribution in [0, 0.1) is 5.92 Å². The Kier molecular flexibility index (Phi) is 5.53. The van der Waals surface area contributed by atoms with E-state index < -0.39 is 5.91 Å². The van der Waals surface area contributed by atoms with Crippen LogP contribution in [-0.2, 0) is 12.8 Å². The number of carbonyl (C=O) groups excluding carboxylic acids is 2. The molecule has 26 heavy (non-hydrogen) atoms. The van der Waals surface area contributed by atoms with Crippen molar-refractivity contribution in [3.63, 3.8) is 0 Å². The molecule has 2 aromatic rings. The SMILES string of the molecule is CCOc1ccc(C(=O)Nc2sc3c(c2C(N)=O)CC[C@H](C)C3)cc1Cl. The zero-order valence-corrected chi connectivity index (χ0v) is 16.3. The number of ether oxygens (including phenoxy) is 1. The van der Waals surface area contributed by atoms with Crippen LogP contribution in [0.4, 0.5) is 5.00 Å². The smallest absolute Gasteiger partial charge is 0.256 e. The van der Waals surface area contributed by atoms with Crippen LogP contribution in [0.3, 0.4) is 0 Å². The number of thiophene rings is 1. The average molecular weight is 393 g/mol. The molecule has 0 aliphatic heterocycles. The number of halogens is 1. The number of hydrogen-bond donors (Lipinski definition) is 2. The number of benzene rings is 1. The molecular weight excluding hydrogens is 372 g/mol. The maximum atomic E-state index is 12.6. The van der Waals surface area contributed by atoms with Crippen molar-refractivity contribution in [3.05, 3.63) is 44.8 Å². The third kappa shape index (κ3) is 3.71. The summed E-state index contributed by atoms with van der Waals surface area (Å²) in [6, 6.07) is 4.87. The quantitative estimate of drug-likeness (QED) is 0.796. The molecule has 1 heterocycles. The molecule has 1 aliphatic rings. The Morgan fingerprint density at radius 3 is 2.85 bits per heavy atom. The van der Waals surface area contributed by atoms with Crippen molar-refractivity contribution >= 4 is 39.8 Å². The molecule has 3 rings (SSSR count). The van der Waals surface area contributed by atoms with Gasteiger partial charge in [0.2, 0.25) is 0 Å². The molecule has 1 aliphatic carbocycles. The number of carbonyl (C=O) groups is 2. The van der Waals surface area contributed by atoms with Gasteiger partial charge in [0, 0.05) is 10.4 Å². The van der Waals surface area contributed by atoms with Gasteiger partial charge >= 0.3 is 0 Å². The number of nitrogens with two attached hydrogens (primary N) is 1. The lowest BCUT2D eigenvalue weighted by atomic mass is 9.88. The van der Waals surface area contributed by atoms with Gasteiger partial charge in [-0.3, -0.25) is 9.59 Å². The maximum Gasteiger partial charge on any atom is 0.256 e. The number of hydrogen-bond acceptors (Lipinski definition) is 4. The van der Waals surface area contributed by atoms with Gasteiger partial charge in [-0.15, -0.1) is 11.3 Å². The minimum atomic E-state index is -0.503. The summed E-state index contributed by atoms with van der Waals surface area (Å²) < 4.78 is 5.38. The number of fused-ring (bicyclic) bond motifs is 1. The fourth-order valence-corrected chi connectivity index (χ4v) is 4.84. The van der Waals surface area contributed by atoms with Gasteiger partial charge in [0.05, 0.1) is 17.2 Å². The lowest BCUT2D eigenvalue weighted by Gasteiger charge is -2.18. The van der Waals surface area contributed by atoms with Crippen LogP contribution in [-0.4, -0.2) is 18.4 Å². The molecular formula is C19H21ClN2O3S. The van der Waals surface area contributed by atoms with E-state index in [1.54, 1.807) is 18.2 Å². The summed E-state index contributed by atoms with van der Waals surface area (Å²) in [6.07, 6.45) is 2.74. The zero-order chi connectivity index (χ0) is 18.8. The van der Waals surface area contributed by atoms with Gasteiger partial charge in [0.15, 0.2) is 0 Å². The third-order valence-corrected chi connectivity index (χ3v) is 5.94. The first-order valence-corrected chi connectivity index (χ1v) is 9.78. The van der Waals surface area contributed by atoms with Gasteiger partial charge in [0.25, 0.3) is 11.8 Å². The summed E-state index contributed by atoms with van der Waals surface area (Å²) in [7, 11) is 0. The predicted molar refractivity (Wildman–Crippen MR) is 105 cm³/mol. The van der Waals surface area contributed by atoms with Gasteiger partial charge in [-0.2, -0.15) is 0 Å². The van der Waals surface area contributed by atoms with Gasteiger partial charge in [-0.25, -0.2) is 0 Å². The molecule has 0 spiro atoms. The number of rotatable bonds is 5. The normalized spacial score (nSPS) is 16.0. The van der Waals surface area contributed by atoms with E-state index in [0.29, 0.717) is 39.4 Å². The van der Waals surface area contributed by atoms with Crippen LogP contribution >= 0.6 is 22.9 Å². The molecule has 5 nitrogen and oxygen atoms in total. The Hall–Kier alpha value is -2.05. The Morgan fingerprint density at radius 2 is 2.19 bits per heavy atom. The second-order valence-corrected chi connectivity index (χ2v) is 7.96. The molecule has 0 bridgehead atoms. The van der Waals surface area contributed by atoms with Crippen LogP contribution in [0.2, 0.25) is 5.02 Å². The first-order valence-electron chi connectivity index (χ1n) is 8.58. The maximum absolute atomic E-state index is 12.6. The number of primary amides is 1. The highest BCUT2D eigenvalue weighted by atomic mass is 35.5. The topological polar surface area (TPSA) is 81.4 Å². The molecule has 1 aromatic carbocycles. The van der Waals surface area contributed by atoms with Crippen molar-refractivity contribution in [1.82, 2.24) is 0 Å².